The molecule has 0 atom stereocenters. The Hall–Kier alpha value is -1.82. The number of aryl methyl sites for hydroxylation is 1. The topological polar surface area (TPSA) is 82.2 Å². The third-order valence-electron chi connectivity index (χ3n) is 2.37. The van der Waals surface area contributed by atoms with Gasteiger partial charge in [-0.3, -0.25) is 5.41 Å². The summed E-state index contributed by atoms with van der Waals surface area (Å²) in [6, 6.07) is 1.94. The number of nitrogens with one attached hydrogen (secondary N) is 2. The number of carbonyl (C=O) groups excluding carboxylic acids is 1. The molecule has 0 saturated carbocycles. The van der Waals surface area contributed by atoms with E-state index in [1.165, 1.54) is 7.05 Å². The maximum absolute atomic E-state index is 13.9. The first-order valence-corrected chi connectivity index (χ1v) is 5.63. The minimum absolute atomic E-state index is 0.0475. The van der Waals surface area contributed by atoms with Crippen molar-refractivity contribution in [3.8, 4) is 0 Å². The van der Waals surface area contributed by atoms with Gasteiger partial charge >= 0.3 is 6.03 Å². The predicted molar refractivity (Wildman–Crippen MR) is 69.6 cm³/mol. The molecule has 0 saturated heterocycles. The third-order valence-corrected chi connectivity index (χ3v) is 2.59. The van der Waals surface area contributed by atoms with E-state index in [9.17, 15) is 9.18 Å². The smallest absolute Gasteiger partial charge is 0.328 e. The van der Waals surface area contributed by atoms with Gasteiger partial charge in [-0.05, 0) is 24.1 Å². The van der Waals surface area contributed by atoms with E-state index in [1.54, 1.807) is 13.0 Å². The Labute approximate surface area is 109 Å². The molecule has 0 radical (unpaired) electrons. The summed E-state index contributed by atoms with van der Waals surface area (Å²) in [6.07, 6.45) is 0.452. The van der Waals surface area contributed by atoms with Crippen LogP contribution in [0.2, 0.25) is 5.02 Å². The minimum Gasteiger partial charge on any atom is -0.369 e. The summed E-state index contributed by atoms with van der Waals surface area (Å²) in [5.74, 6) is -1.26. The number of hydrogen-bond donors (Lipinski definition) is 3. The summed E-state index contributed by atoms with van der Waals surface area (Å²) < 4.78 is 13.9. The Kier molecular flexibility index (Phi) is 4.49. The third kappa shape index (κ3) is 2.70. The van der Waals surface area contributed by atoms with Gasteiger partial charge in [-0.2, -0.15) is 0 Å². The lowest BCUT2D eigenvalue weighted by Gasteiger charge is -2.23. The van der Waals surface area contributed by atoms with E-state index >= 15 is 0 Å². The number of rotatable bonds is 2. The highest BCUT2D eigenvalue weighted by molar-refractivity contribution is 6.30. The molecular formula is C11H14ClFN4O. The second kappa shape index (κ2) is 5.68. The highest BCUT2D eigenvalue weighted by Gasteiger charge is 2.24. The number of halogens is 2. The van der Waals surface area contributed by atoms with Gasteiger partial charge in [0.2, 0.25) is 5.96 Å². The first-order chi connectivity index (χ1) is 8.42. The SMILES string of the molecule is CCc1cc(Cl)cc(F)c1N(C(=N)N)C(=O)NC. The van der Waals surface area contributed by atoms with Gasteiger partial charge in [0, 0.05) is 12.1 Å². The monoisotopic (exact) mass is 272 g/mol. The summed E-state index contributed by atoms with van der Waals surface area (Å²) in [4.78, 5) is 12.4. The minimum atomic E-state index is -0.696. The lowest BCUT2D eigenvalue weighted by molar-refractivity contribution is 0.250. The Morgan fingerprint density at radius 3 is 2.67 bits per heavy atom. The van der Waals surface area contributed by atoms with Crippen LogP contribution >= 0.6 is 11.6 Å². The lowest BCUT2D eigenvalue weighted by atomic mass is 10.1. The van der Waals surface area contributed by atoms with Gasteiger partial charge in [0.05, 0.1) is 5.69 Å². The molecule has 4 N–H and O–H groups in total. The van der Waals surface area contributed by atoms with Gasteiger partial charge in [-0.15, -0.1) is 0 Å². The number of benzene rings is 1. The molecule has 0 heterocycles. The Balaban J connectivity index is 3.45. The van der Waals surface area contributed by atoms with Gasteiger partial charge in [-0.1, -0.05) is 18.5 Å². The molecule has 1 rings (SSSR count). The summed E-state index contributed by atoms with van der Waals surface area (Å²) >= 11 is 5.75. The molecule has 0 aliphatic heterocycles. The number of urea groups is 1. The highest BCUT2D eigenvalue weighted by Crippen LogP contribution is 2.28. The fourth-order valence-corrected chi connectivity index (χ4v) is 1.81. The van der Waals surface area contributed by atoms with Crippen molar-refractivity contribution in [1.29, 1.82) is 5.41 Å². The molecule has 0 fully saturated rings. The van der Waals surface area contributed by atoms with Crippen LogP contribution in [0, 0.1) is 11.2 Å². The predicted octanol–water partition coefficient (Wildman–Crippen LogP) is 2.08. The van der Waals surface area contributed by atoms with Crippen LogP contribution in [0.1, 0.15) is 12.5 Å². The number of anilines is 1. The van der Waals surface area contributed by atoms with Crippen molar-refractivity contribution >= 4 is 29.3 Å². The van der Waals surface area contributed by atoms with Crippen molar-refractivity contribution in [2.75, 3.05) is 11.9 Å². The van der Waals surface area contributed by atoms with Gasteiger partial charge in [0.25, 0.3) is 0 Å². The van der Waals surface area contributed by atoms with Crippen LogP contribution in [-0.2, 0) is 6.42 Å². The van der Waals surface area contributed by atoms with Crippen LogP contribution < -0.4 is 16.0 Å². The molecule has 7 heteroatoms. The Bertz CT molecular complexity index is 492. The highest BCUT2D eigenvalue weighted by atomic mass is 35.5. The van der Waals surface area contributed by atoms with Crippen LogP contribution in [0.5, 0.6) is 0 Å². The van der Waals surface area contributed by atoms with E-state index in [0.29, 0.717) is 12.0 Å². The molecule has 2 amide bonds. The molecule has 1 aromatic rings. The first kappa shape index (κ1) is 14.2. The van der Waals surface area contributed by atoms with Crippen molar-refractivity contribution in [3.63, 3.8) is 0 Å². The van der Waals surface area contributed by atoms with Crippen molar-refractivity contribution in [3.05, 3.63) is 28.5 Å². The van der Waals surface area contributed by atoms with Crippen LogP contribution in [0.25, 0.3) is 0 Å². The molecule has 0 spiro atoms. The lowest BCUT2D eigenvalue weighted by Crippen LogP contribution is -2.47. The summed E-state index contributed by atoms with van der Waals surface area (Å²) in [5.41, 5.74) is 5.78. The average molecular weight is 273 g/mol. The fraction of sp³-hybridized carbons (Fsp3) is 0.273. The van der Waals surface area contributed by atoms with Crippen molar-refractivity contribution in [2.24, 2.45) is 5.73 Å². The molecule has 98 valence electrons. The number of nitrogens with two attached hydrogens (primary N) is 1. The van der Waals surface area contributed by atoms with Crippen LogP contribution in [0.15, 0.2) is 12.1 Å². The van der Waals surface area contributed by atoms with Gasteiger partial charge in [-0.25, -0.2) is 14.1 Å². The van der Waals surface area contributed by atoms with E-state index in [1.807, 2.05) is 0 Å². The van der Waals surface area contributed by atoms with Gasteiger partial charge in [0.15, 0.2) is 0 Å². The standard InChI is InChI=1S/C11H14ClFN4O/c1-3-6-4-7(12)5-8(13)9(6)17(10(14)15)11(18)16-2/h4-5H,3H2,1-2H3,(H3,14,15)(H,16,18). The molecule has 0 unspecified atom stereocenters. The molecule has 5 nitrogen and oxygen atoms in total. The summed E-state index contributed by atoms with van der Waals surface area (Å²) in [7, 11) is 1.37. The Morgan fingerprint density at radius 1 is 1.61 bits per heavy atom. The van der Waals surface area contributed by atoms with Crippen LogP contribution in [0.4, 0.5) is 14.9 Å². The van der Waals surface area contributed by atoms with E-state index in [0.717, 1.165) is 11.0 Å². The van der Waals surface area contributed by atoms with E-state index in [2.05, 4.69) is 5.32 Å². The normalized spacial score (nSPS) is 10.0. The number of carbonyl (C=O) groups is 1. The van der Waals surface area contributed by atoms with Gasteiger partial charge < -0.3 is 11.1 Å². The molecule has 18 heavy (non-hydrogen) atoms. The summed E-state index contributed by atoms with van der Waals surface area (Å²) in [6.45, 7) is 1.79. The maximum atomic E-state index is 13.9. The first-order valence-electron chi connectivity index (χ1n) is 5.26. The number of amides is 2. The zero-order valence-corrected chi connectivity index (χ0v) is 10.8. The second-order valence-electron chi connectivity index (χ2n) is 3.52. The maximum Gasteiger partial charge on any atom is 0.328 e. The summed E-state index contributed by atoms with van der Waals surface area (Å²) in [5, 5.41) is 9.92. The fourth-order valence-electron chi connectivity index (χ4n) is 1.58. The van der Waals surface area contributed by atoms with E-state index < -0.39 is 17.8 Å². The van der Waals surface area contributed by atoms with Crippen molar-refractivity contribution < 1.29 is 9.18 Å². The number of guanidine groups is 1. The van der Waals surface area contributed by atoms with Gasteiger partial charge in [0.1, 0.15) is 5.82 Å². The van der Waals surface area contributed by atoms with Crippen molar-refractivity contribution in [1.82, 2.24) is 5.32 Å². The van der Waals surface area contributed by atoms with E-state index in [-0.39, 0.29) is 10.7 Å². The molecular weight excluding hydrogens is 259 g/mol. The largest absolute Gasteiger partial charge is 0.369 e. The van der Waals surface area contributed by atoms with Crippen LogP contribution in [0.3, 0.4) is 0 Å². The number of nitrogens with zero attached hydrogens (tertiary/aromatic N) is 1. The Morgan fingerprint density at radius 2 is 2.22 bits per heavy atom. The number of hydrogen-bond acceptors (Lipinski definition) is 2. The second-order valence-corrected chi connectivity index (χ2v) is 3.96. The van der Waals surface area contributed by atoms with Crippen molar-refractivity contribution in [2.45, 2.75) is 13.3 Å². The molecule has 0 bridgehead atoms. The molecule has 0 aromatic heterocycles. The zero-order chi connectivity index (χ0) is 13.9. The molecule has 0 aliphatic carbocycles. The molecule has 0 aliphatic rings. The average Bonchev–Trinajstić information content (AvgIpc) is 2.30. The van der Waals surface area contributed by atoms with Crippen LogP contribution in [-0.4, -0.2) is 19.0 Å². The quantitative estimate of drug-likeness (QED) is 0.569. The van der Waals surface area contributed by atoms with E-state index in [4.69, 9.17) is 22.7 Å². The zero-order valence-electron chi connectivity index (χ0n) is 10.1. The molecule has 1 aromatic carbocycles.